The number of hydrogen-bond acceptors (Lipinski definition) is 12. The molecule has 33 heavy (non-hydrogen) atoms. The highest BCUT2D eigenvalue weighted by atomic mass is 32.1. The molecule has 0 bridgehead atoms. The van der Waals surface area contributed by atoms with Gasteiger partial charge in [0.05, 0.1) is 24.7 Å². The molecule has 0 spiro atoms. The van der Waals surface area contributed by atoms with Crippen molar-refractivity contribution in [2.75, 3.05) is 5.73 Å². The summed E-state index contributed by atoms with van der Waals surface area (Å²) in [5.74, 6) is -3.36. The summed E-state index contributed by atoms with van der Waals surface area (Å²) < 4.78 is 5.72. The summed E-state index contributed by atoms with van der Waals surface area (Å²) in [6.07, 6.45) is 0.380. The largest absolute Gasteiger partial charge is 0.503 e. The van der Waals surface area contributed by atoms with Gasteiger partial charge in [0.2, 0.25) is 5.43 Å². The summed E-state index contributed by atoms with van der Waals surface area (Å²) in [4.78, 5) is 44.3. The Morgan fingerprint density at radius 1 is 1.45 bits per heavy atom. The first-order valence-electron chi connectivity index (χ1n) is 9.55. The number of nitrogen functional groups attached to an aromatic ring is 1. The second-order valence-electron chi connectivity index (χ2n) is 7.05. The quantitative estimate of drug-likeness (QED) is 0.115. The second kappa shape index (κ2) is 10.3. The topological polar surface area (TPSA) is 219 Å². The SMILES string of the molecule is Nc1nc(/C(=N/OCc2cc(=O)c(O)cn2O)C(=O)N[C@H]2CCC(CC(=O)O)OB2O)cs1. The van der Waals surface area contributed by atoms with E-state index >= 15 is 0 Å². The van der Waals surface area contributed by atoms with Crippen molar-refractivity contribution in [2.24, 2.45) is 5.16 Å². The van der Waals surface area contributed by atoms with Crippen LogP contribution in [0.3, 0.4) is 0 Å². The monoisotopic (exact) mass is 481 g/mol. The van der Waals surface area contributed by atoms with Gasteiger partial charge in [-0.15, -0.1) is 11.3 Å². The molecule has 0 aromatic carbocycles. The van der Waals surface area contributed by atoms with E-state index in [-0.39, 0.29) is 35.1 Å². The number of nitrogens with one attached hydrogen (secondary N) is 1. The Morgan fingerprint density at radius 2 is 2.21 bits per heavy atom. The van der Waals surface area contributed by atoms with Crippen LogP contribution >= 0.6 is 11.3 Å². The van der Waals surface area contributed by atoms with Crippen molar-refractivity contribution in [1.29, 1.82) is 0 Å². The minimum atomic E-state index is -1.43. The standard InChI is InChI=1S/C17H20BN5O9S/c19-17-20-10(7-33-17)15(22-31-6-8-3-11(24)12(25)5-23(8)30)16(28)21-13-2-1-9(4-14(26)27)32-18(13)29/h3,5,7,9,13,25,29-30H,1-2,4,6H2,(H2,19,20)(H,21,28)(H,26,27)/b22-15-/t9?,13-/m0/s1. The fourth-order valence-electron chi connectivity index (χ4n) is 3.02. The number of carbonyl (C=O) groups is 2. The van der Waals surface area contributed by atoms with Crippen LogP contribution in [0.15, 0.2) is 27.6 Å². The van der Waals surface area contributed by atoms with Gasteiger partial charge in [0, 0.05) is 11.4 Å². The predicted molar refractivity (Wildman–Crippen MR) is 114 cm³/mol. The van der Waals surface area contributed by atoms with Gasteiger partial charge >= 0.3 is 13.1 Å². The van der Waals surface area contributed by atoms with E-state index in [4.69, 9.17) is 20.3 Å². The number of anilines is 1. The van der Waals surface area contributed by atoms with Crippen LogP contribution in [0.2, 0.25) is 0 Å². The molecule has 0 aliphatic carbocycles. The molecule has 0 radical (unpaired) electrons. The minimum absolute atomic E-state index is 0.0559. The maximum Gasteiger partial charge on any atom is 0.478 e. The lowest BCUT2D eigenvalue weighted by Gasteiger charge is -2.30. The van der Waals surface area contributed by atoms with Crippen molar-refractivity contribution in [1.82, 2.24) is 15.0 Å². The zero-order valence-electron chi connectivity index (χ0n) is 16.9. The van der Waals surface area contributed by atoms with Crippen LogP contribution in [0.1, 0.15) is 30.7 Å². The molecule has 1 unspecified atom stereocenters. The molecule has 2 aromatic rings. The van der Waals surface area contributed by atoms with Crippen LogP contribution in [-0.4, -0.2) is 66.9 Å². The van der Waals surface area contributed by atoms with Gasteiger partial charge < -0.3 is 41.0 Å². The molecule has 0 saturated carbocycles. The first-order valence-corrected chi connectivity index (χ1v) is 10.4. The van der Waals surface area contributed by atoms with Gasteiger partial charge in [-0.05, 0) is 12.8 Å². The number of nitrogens with two attached hydrogens (primary N) is 1. The Balaban J connectivity index is 1.72. The average molecular weight is 481 g/mol. The summed E-state index contributed by atoms with van der Waals surface area (Å²) in [5.41, 5.74) is 4.60. The van der Waals surface area contributed by atoms with Crippen molar-refractivity contribution in [3.8, 4) is 5.75 Å². The van der Waals surface area contributed by atoms with E-state index in [0.29, 0.717) is 11.2 Å². The van der Waals surface area contributed by atoms with E-state index < -0.39 is 48.8 Å². The Bertz CT molecular complexity index is 1120. The summed E-state index contributed by atoms with van der Waals surface area (Å²) in [6.45, 7) is -0.436. The molecular weight excluding hydrogens is 461 g/mol. The summed E-state index contributed by atoms with van der Waals surface area (Å²) in [7, 11) is -1.43. The van der Waals surface area contributed by atoms with Gasteiger partial charge in [-0.3, -0.25) is 14.4 Å². The van der Waals surface area contributed by atoms with E-state index in [9.17, 15) is 29.7 Å². The molecule has 1 fully saturated rings. The number of carboxylic acids is 1. The van der Waals surface area contributed by atoms with Crippen LogP contribution in [-0.2, 0) is 25.7 Å². The molecular formula is C17H20BN5O9S. The van der Waals surface area contributed by atoms with E-state index in [1.807, 2.05) is 0 Å². The number of hydrogen-bond donors (Lipinski definition) is 6. The van der Waals surface area contributed by atoms with Gasteiger partial charge in [-0.25, -0.2) is 4.98 Å². The van der Waals surface area contributed by atoms with Crippen LogP contribution in [0.4, 0.5) is 5.13 Å². The molecule has 3 heterocycles. The molecule has 16 heteroatoms. The van der Waals surface area contributed by atoms with Crippen LogP contribution in [0.25, 0.3) is 0 Å². The normalized spacial score (nSPS) is 18.7. The fraction of sp³-hybridized carbons (Fsp3) is 0.353. The molecule has 1 aliphatic rings. The predicted octanol–water partition coefficient (Wildman–Crippen LogP) is -1.09. The maximum atomic E-state index is 12.8. The number of thiazole rings is 1. The van der Waals surface area contributed by atoms with Gasteiger partial charge in [-0.1, -0.05) is 5.16 Å². The van der Waals surface area contributed by atoms with E-state index in [0.717, 1.165) is 23.6 Å². The van der Waals surface area contributed by atoms with Crippen molar-refractivity contribution in [3.05, 3.63) is 39.3 Å². The third kappa shape index (κ3) is 6.21. The second-order valence-corrected chi connectivity index (χ2v) is 7.94. The Labute approximate surface area is 190 Å². The van der Waals surface area contributed by atoms with Crippen molar-refractivity contribution in [2.45, 2.75) is 37.9 Å². The van der Waals surface area contributed by atoms with Crippen LogP contribution < -0.4 is 16.5 Å². The van der Waals surface area contributed by atoms with Crippen LogP contribution in [0, 0.1) is 0 Å². The molecule has 2 atom stereocenters. The highest BCUT2D eigenvalue weighted by Gasteiger charge is 2.37. The Morgan fingerprint density at radius 3 is 2.85 bits per heavy atom. The first kappa shape index (κ1) is 24.0. The van der Waals surface area contributed by atoms with Crippen LogP contribution in [0.5, 0.6) is 5.75 Å². The Kier molecular flexibility index (Phi) is 7.52. The lowest BCUT2D eigenvalue weighted by molar-refractivity contribution is -0.139. The van der Waals surface area contributed by atoms with Gasteiger partial charge in [0.15, 0.2) is 23.2 Å². The number of pyridine rings is 1. The third-order valence-electron chi connectivity index (χ3n) is 4.63. The number of aromatic nitrogens is 2. The first-order chi connectivity index (χ1) is 15.6. The molecule has 1 amide bonds. The number of carboxylic acid groups (broad SMARTS) is 1. The third-order valence-corrected chi connectivity index (χ3v) is 5.31. The number of aromatic hydroxyl groups is 1. The Hall–Kier alpha value is -3.63. The zero-order chi connectivity index (χ0) is 24.1. The summed E-state index contributed by atoms with van der Waals surface area (Å²) >= 11 is 1.05. The molecule has 1 saturated heterocycles. The molecule has 1 aliphatic heterocycles. The molecule has 7 N–H and O–H groups in total. The van der Waals surface area contributed by atoms with Gasteiger partial charge in [0.25, 0.3) is 5.91 Å². The maximum absolute atomic E-state index is 12.8. The summed E-state index contributed by atoms with van der Waals surface area (Å²) in [6, 6.07) is 0.925. The number of nitrogens with zero attached hydrogens (tertiary/aromatic N) is 3. The number of oxime groups is 1. The lowest BCUT2D eigenvalue weighted by Crippen LogP contribution is -2.54. The van der Waals surface area contributed by atoms with Gasteiger partial charge in [-0.2, -0.15) is 4.73 Å². The van der Waals surface area contributed by atoms with Crippen molar-refractivity contribution in [3.63, 3.8) is 0 Å². The van der Waals surface area contributed by atoms with E-state index in [1.165, 1.54) is 5.38 Å². The van der Waals surface area contributed by atoms with E-state index in [1.54, 1.807) is 0 Å². The molecule has 14 nitrogen and oxygen atoms in total. The average Bonchev–Trinajstić information content (AvgIpc) is 3.16. The lowest BCUT2D eigenvalue weighted by atomic mass is 9.72. The van der Waals surface area contributed by atoms with E-state index in [2.05, 4.69) is 15.5 Å². The fourth-order valence-corrected chi connectivity index (χ4v) is 3.57. The smallest absolute Gasteiger partial charge is 0.478 e. The zero-order valence-corrected chi connectivity index (χ0v) is 17.8. The molecule has 3 rings (SSSR count). The minimum Gasteiger partial charge on any atom is -0.503 e. The number of aliphatic carboxylic acids is 1. The number of amides is 1. The molecule has 176 valence electrons. The number of rotatable bonds is 8. The van der Waals surface area contributed by atoms with Crippen molar-refractivity contribution >= 4 is 41.2 Å². The van der Waals surface area contributed by atoms with Crippen molar-refractivity contribution < 1.29 is 39.5 Å². The number of carbonyl (C=O) groups excluding carboxylic acids is 1. The molecule has 2 aromatic heterocycles. The van der Waals surface area contributed by atoms with Gasteiger partial charge in [0.1, 0.15) is 11.4 Å². The highest BCUT2D eigenvalue weighted by Crippen LogP contribution is 2.19. The highest BCUT2D eigenvalue weighted by molar-refractivity contribution is 7.13. The summed E-state index contributed by atoms with van der Waals surface area (Å²) in [5, 5.41) is 45.9.